The van der Waals surface area contributed by atoms with Gasteiger partial charge in [0.25, 0.3) is 5.56 Å². The first-order valence-corrected chi connectivity index (χ1v) is 6.27. The number of aromatic nitrogens is 3. The maximum Gasteiger partial charge on any atom is 0.339 e. The van der Waals surface area contributed by atoms with Crippen LogP contribution in [-0.2, 0) is 6.54 Å². The van der Waals surface area contributed by atoms with Gasteiger partial charge in [-0.3, -0.25) is 4.79 Å². The summed E-state index contributed by atoms with van der Waals surface area (Å²) in [4.78, 5) is 31.2. The topological polar surface area (TPSA) is 85.1 Å². The number of hydrogen-bond donors (Lipinski definition) is 1. The molecule has 1 N–H and O–H groups in total. The average Bonchev–Trinajstić information content (AvgIpc) is 2.51. The molecule has 0 radical (unpaired) electrons. The molecule has 21 heavy (non-hydrogen) atoms. The van der Waals surface area contributed by atoms with Crippen molar-refractivity contribution in [1.29, 1.82) is 0 Å². The number of carbonyl (C=O) groups is 1. The fraction of sp³-hybridized carbons (Fsp3) is 0.0667. The van der Waals surface area contributed by atoms with Crippen LogP contribution in [0.1, 0.15) is 16.1 Å². The maximum absolute atomic E-state index is 12.4. The molecule has 0 aliphatic carbocycles. The van der Waals surface area contributed by atoms with Gasteiger partial charge in [0.15, 0.2) is 0 Å². The van der Waals surface area contributed by atoms with Crippen molar-refractivity contribution >= 4 is 16.7 Å². The van der Waals surface area contributed by atoms with Gasteiger partial charge in [-0.05, 0) is 17.5 Å². The Kier molecular flexibility index (Phi) is 3.19. The van der Waals surface area contributed by atoms with Gasteiger partial charge in [0.05, 0.1) is 12.2 Å². The Bertz CT molecular complexity index is 886. The Balaban J connectivity index is 2.09. The summed E-state index contributed by atoms with van der Waals surface area (Å²) < 4.78 is 1.44. The van der Waals surface area contributed by atoms with Crippen LogP contribution in [0.4, 0.5) is 0 Å². The molecule has 0 atom stereocenters. The zero-order valence-electron chi connectivity index (χ0n) is 10.9. The van der Waals surface area contributed by atoms with Crippen LogP contribution in [0.15, 0.2) is 53.8 Å². The van der Waals surface area contributed by atoms with Crippen LogP contribution in [0.2, 0.25) is 0 Å². The van der Waals surface area contributed by atoms with Gasteiger partial charge in [-0.1, -0.05) is 18.2 Å². The monoisotopic (exact) mass is 281 g/mol. The van der Waals surface area contributed by atoms with E-state index in [0.717, 1.165) is 5.39 Å². The quantitative estimate of drug-likeness (QED) is 0.787. The van der Waals surface area contributed by atoms with E-state index < -0.39 is 5.97 Å². The molecule has 104 valence electrons. The Hall–Kier alpha value is -3.02. The first-order chi connectivity index (χ1) is 10.2. The number of rotatable bonds is 3. The van der Waals surface area contributed by atoms with Crippen molar-refractivity contribution in [3.63, 3.8) is 0 Å². The third-order valence-corrected chi connectivity index (χ3v) is 3.23. The molecule has 0 unspecified atom stereocenters. The summed E-state index contributed by atoms with van der Waals surface area (Å²) in [6, 6.07) is 9.07. The van der Waals surface area contributed by atoms with Crippen molar-refractivity contribution in [3.05, 3.63) is 70.7 Å². The smallest absolute Gasteiger partial charge is 0.339 e. The van der Waals surface area contributed by atoms with E-state index in [2.05, 4.69) is 9.97 Å². The van der Waals surface area contributed by atoms with Crippen molar-refractivity contribution < 1.29 is 9.90 Å². The van der Waals surface area contributed by atoms with E-state index in [9.17, 15) is 9.59 Å². The number of carboxylic acids is 1. The van der Waals surface area contributed by atoms with Gasteiger partial charge >= 0.3 is 5.97 Å². The molecule has 2 aromatic heterocycles. The minimum Gasteiger partial charge on any atom is -0.478 e. The van der Waals surface area contributed by atoms with Crippen molar-refractivity contribution in [2.24, 2.45) is 0 Å². The second kappa shape index (κ2) is 5.16. The number of benzene rings is 1. The highest BCUT2D eigenvalue weighted by molar-refractivity contribution is 5.88. The Morgan fingerprint density at radius 1 is 1.24 bits per heavy atom. The Morgan fingerprint density at radius 3 is 2.86 bits per heavy atom. The highest BCUT2D eigenvalue weighted by Crippen LogP contribution is 2.10. The minimum absolute atomic E-state index is 0.00226. The summed E-state index contributed by atoms with van der Waals surface area (Å²) in [6.07, 6.45) is 4.14. The van der Waals surface area contributed by atoms with Crippen LogP contribution in [0.3, 0.4) is 0 Å². The molecule has 3 rings (SSSR count). The second-order valence-electron chi connectivity index (χ2n) is 4.52. The normalized spacial score (nSPS) is 10.7. The number of nitrogens with zero attached hydrogens (tertiary/aromatic N) is 3. The lowest BCUT2D eigenvalue weighted by molar-refractivity contribution is 0.0694. The summed E-state index contributed by atoms with van der Waals surface area (Å²) in [5.74, 6) is -1.11. The number of aromatic carboxylic acids is 1. The molecule has 0 saturated heterocycles. The lowest BCUT2D eigenvalue weighted by atomic mass is 10.1. The molecule has 6 heteroatoms. The van der Waals surface area contributed by atoms with E-state index in [4.69, 9.17) is 5.11 Å². The molecule has 0 aliphatic rings. The van der Waals surface area contributed by atoms with Crippen LogP contribution < -0.4 is 5.56 Å². The molecule has 1 aromatic carbocycles. The van der Waals surface area contributed by atoms with Crippen LogP contribution in [-0.4, -0.2) is 25.6 Å². The molecule has 6 nitrogen and oxygen atoms in total. The van der Waals surface area contributed by atoms with Crippen LogP contribution in [0.25, 0.3) is 10.8 Å². The lowest BCUT2D eigenvalue weighted by Gasteiger charge is -2.08. The van der Waals surface area contributed by atoms with E-state index >= 15 is 0 Å². The third kappa shape index (κ3) is 2.38. The van der Waals surface area contributed by atoms with Crippen LogP contribution in [0, 0.1) is 0 Å². The van der Waals surface area contributed by atoms with Gasteiger partial charge < -0.3 is 9.67 Å². The minimum atomic E-state index is -1.11. The Labute approximate surface area is 119 Å². The molecule has 2 heterocycles. The van der Waals surface area contributed by atoms with Crippen molar-refractivity contribution in [3.8, 4) is 0 Å². The Morgan fingerprint density at radius 2 is 2.05 bits per heavy atom. The van der Waals surface area contributed by atoms with E-state index in [-0.39, 0.29) is 17.7 Å². The molecule has 0 amide bonds. The highest BCUT2D eigenvalue weighted by Gasteiger charge is 2.12. The van der Waals surface area contributed by atoms with Gasteiger partial charge in [-0.2, -0.15) is 0 Å². The summed E-state index contributed by atoms with van der Waals surface area (Å²) in [5.41, 5.74) is 0.121. The zero-order chi connectivity index (χ0) is 14.8. The van der Waals surface area contributed by atoms with Gasteiger partial charge in [0.1, 0.15) is 11.9 Å². The largest absolute Gasteiger partial charge is 0.478 e. The van der Waals surface area contributed by atoms with Crippen molar-refractivity contribution in [2.45, 2.75) is 6.54 Å². The molecule has 0 bridgehead atoms. The van der Waals surface area contributed by atoms with Crippen LogP contribution in [0.5, 0.6) is 0 Å². The highest BCUT2D eigenvalue weighted by atomic mass is 16.4. The first kappa shape index (κ1) is 13.0. The number of hydrogen-bond acceptors (Lipinski definition) is 4. The van der Waals surface area contributed by atoms with Crippen LogP contribution >= 0.6 is 0 Å². The summed E-state index contributed by atoms with van der Waals surface area (Å²) in [5, 5.41) is 10.6. The van der Waals surface area contributed by atoms with E-state index in [1.807, 2.05) is 18.2 Å². The predicted octanol–water partition coefficient (Wildman–Crippen LogP) is 1.54. The number of fused-ring (bicyclic) bond motifs is 1. The van der Waals surface area contributed by atoms with Crippen molar-refractivity contribution in [2.75, 3.05) is 0 Å². The van der Waals surface area contributed by atoms with E-state index in [1.165, 1.54) is 17.1 Å². The molecule has 0 saturated carbocycles. The average molecular weight is 281 g/mol. The maximum atomic E-state index is 12.4. The number of carboxylic acid groups (broad SMARTS) is 1. The lowest BCUT2D eigenvalue weighted by Crippen LogP contribution is -2.22. The number of pyridine rings is 1. The standard InChI is InChI=1S/C15H11N3O3/c19-14-11-4-2-1-3-10(11)5-6-18(14)8-13-12(15(20)21)7-16-9-17-13/h1-7,9H,8H2,(H,20,21). The fourth-order valence-corrected chi connectivity index (χ4v) is 2.18. The van der Waals surface area contributed by atoms with Gasteiger partial charge in [-0.25, -0.2) is 14.8 Å². The molecule has 0 aliphatic heterocycles. The second-order valence-corrected chi connectivity index (χ2v) is 4.52. The molecule has 0 spiro atoms. The van der Waals surface area contributed by atoms with Gasteiger partial charge in [0, 0.05) is 17.8 Å². The summed E-state index contributed by atoms with van der Waals surface area (Å²) in [7, 11) is 0. The van der Waals surface area contributed by atoms with Gasteiger partial charge in [-0.15, -0.1) is 0 Å². The SMILES string of the molecule is O=C(O)c1cncnc1Cn1ccc2ccccc2c1=O. The van der Waals surface area contributed by atoms with E-state index in [1.54, 1.807) is 18.3 Å². The molecule has 0 fully saturated rings. The van der Waals surface area contributed by atoms with Crippen molar-refractivity contribution in [1.82, 2.24) is 14.5 Å². The third-order valence-electron chi connectivity index (χ3n) is 3.23. The summed E-state index contributed by atoms with van der Waals surface area (Å²) in [6.45, 7) is 0.0911. The molecular formula is C15H11N3O3. The predicted molar refractivity (Wildman–Crippen MR) is 76.3 cm³/mol. The van der Waals surface area contributed by atoms with Gasteiger partial charge in [0.2, 0.25) is 0 Å². The molecular weight excluding hydrogens is 270 g/mol. The summed E-state index contributed by atoms with van der Waals surface area (Å²) >= 11 is 0. The first-order valence-electron chi connectivity index (χ1n) is 6.27. The zero-order valence-corrected chi connectivity index (χ0v) is 10.9. The van der Waals surface area contributed by atoms with E-state index in [0.29, 0.717) is 11.1 Å². The molecule has 3 aromatic rings. The fourth-order valence-electron chi connectivity index (χ4n) is 2.18.